The molecule has 0 aliphatic rings. The molecule has 0 saturated heterocycles. The molecule has 2 heterocycles. The van der Waals surface area contributed by atoms with E-state index in [4.69, 9.17) is 5.11 Å². The van der Waals surface area contributed by atoms with Crippen LogP contribution in [0.25, 0.3) is 16.7 Å². The van der Waals surface area contributed by atoms with E-state index in [2.05, 4.69) is 17.0 Å². The molecule has 0 amide bonds. The topological polar surface area (TPSA) is 68.0 Å². The highest BCUT2D eigenvalue weighted by Gasteiger charge is 2.15. The number of hydrogen-bond acceptors (Lipinski definition) is 3. The molecule has 0 aliphatic heterocycles. The van der Waals surface area contributed by atoms with E-state index >= 15 is 0 Å². The van der Waals surface area contributed by atoms with E-state index in [1.165, 1.54) is 6.07 Å². The number of unbranched alkanes of at least 4 members (excludes halogenated alkanes) is 1. The first-order valence-corrected chi connectivity index (χ1v) is 7.38. The molecule has 3 rings (SSSR count). The van der Waals surface area contributed by atoms with E-state index in [0.717, 1.165) is 36.0 Å². The third kappa shape index (κ3) is 2.57. The molecular formula is C17H17N3O2. The fourth-order valence-electron chi connectivity index (χ4n) is 2.45. The number of carboxylic acid groups (broad SMARTS) is 1. The highest BCUT2D eigenvalue weighted by atomic mass is 16.4. The lowest BCUT2D eigenvalue weighted by molar-refractivity contribution is 0.0691. The van der Waals surface area contributed by atoms with Gasteiger partial charge in [-0.2, -0.15) is 5.10 Å². The van der Waals surface area contributed by atoms with Crippen molar-refractivity contribution in [2.75, 3.05) is 0 Å². The Morgan fingerprint density at radius 2 is 1.95 bits per heavy atom. The maximum absolute atomic E-state index is 11.2. The molecule has 0 spiro atoms. The third-order valence-corrected chi connectivity index (χ3v) is 3.59. The monoisotopic (exact) mass is 295 g/mol. The van der Waals surface area contributed by atoms with Gasteiger partial charge in [-0.15, -0.1) is 0 Å². The SMILES string of the molecule is CCCCc1nn(-c2ccccc2)c2nc(C(=O)O)ccc12. The van der Waals surface area contributed by atoms with Crippen LogP contribution in [0.15, 0.2) is 42.5 Å². The zero-order valence-corrected chi connectivity index (χ0v) is 12.4. The average Bonchev–Trinajstić information content (AvgIpc) is 2.91. The summed E-state index contributed by atoms with van der Waals surface area (Å²) in [6.45, 7) is 2.14. The van der Waals surface area contributed by atoms with Gasteiger partial charge in [-0.3, -0.25) is 0 Å². The molecule has 0 unspecified atom stereocenters. The van der Waals surface area contributed by atoms with E-state index in [0.29, 0.717) is 5.65 Å². The second-order valence-corrected chi connectivity index (χ2v) is 5.17. The molecule has 0 fully saturated rings. The first-order valence-electron chi connectivity index (χ1n) is 7.38. The largest absolute Gasteiger partial charge is 0.477 e. The van der Waals surface area contributed by atoms with Crippen molar-refractivity contribution in [1.82, 2.24) is 14.8 Å². The molecule has 1 N–H and O–H groups in total. The van der Waals surface area contributed by atoms with Crippen LogP contribution in [0.1, 0.15) is 35.9 Å². The Bertz CT molecular complexity index is 809. The number of aryl methyl sites for hydroxylation is 1. The molecule has 0 aliphatic carbocycles. The lowest BCUT2D eigenvalue weighted by Crippen LogP contribution is -2.03. The van der Waals surface area contributed by atoms with E-state index in [-0.39, 0.29) is 5.69 Å². The zero-order valence-electron chi connectivity index (χ0n) is 12.4. The lowest BCUT2D eigenvalue weighted by Gasteiger charge is -2.02. The van der Waals surface area contributed by atoms with Gasteiger partial charge in [-0.05, 0) is 37.1 Å². The Hall–Kier alpha value is -2.69. The van der Waals surface area contributed by atoms with Gasteiger partial charge in [0, 0.05) is 5.39 Å². The minimum atomic E-state index is -1.03. The van der Waals surface area contributed by atoms with Crippen LogP contribution in [0.5, 0.6) is 0 Å². The van der Waals surface area contributed by atoms with Gasteiger partial charge in [0.2, 0.25) is 0 Å². The van der Waals surface area contributed by atoms with Crippen LogP contribution >= 0.6 is 0 Å². The minimum Gasteiger partial charge on any atom is -0.477 e. The highest BCUT2D eigenvalue weighted by molar-refractivity contribution is 5.90. The zero-order chi connectivity index (χ0) is 15.5. The van der Waals surface area contributed by atoms with Crippen molar-refractivity contribution in [2.45, 2.75) is 26.2 Å². The van der Waals surface area contributed by atoms with Gasteiger partial charge < -0.3 is 5.11 Å². The van der Waals surface area contributed by atoms with Crippen LogP contribution in [-0.4, -0.2) is 25.8 Å². The van der Waals surface area contributed by atoms with Crippen molar-refractivity contribution < 1.29 is 9.90 Å². The number of pyridine rings is 1. The summed E-state index contributed by atoms with van der Waals surface area (Å²) in [6, 6.07) is 13.0. The maximum atomic E-state index is 11.2. The number of benzene rings is 1. The summed E-state index contributed by atoms with van der Waals surface area (Å²) < 4.78 is 1.73. The van der Waals surface area contributed by atoms with Crippen LogP contribution in [0.3, 0.4) is 0 Å². The average molecular weight is 295 g/mol. The Balaban J connectivity index is 2.20. The van der Waals surface area contributed by atoms with Crippen molar-refractivity contribution in [2.24, 2.45) is 0 Å². The van der Waals surface area contributed by atoms with Crippen LogP contribution in [0, 0.1) is 0 Å². The molecule has 22 heavy (non-hydrogen) atoms. The Morgan fingerprint density at radius 1 is 1.18 bits per heavy atom. The quantitative estimate of drug-likeness (QED) is 0.782. The molecule has 112 valence electrons. The number of fused-ring (bicyclic) bond motifs is 1. The summed E-state index contributed by atoms with van der Waals surface area (Å²) >= 11 is 0. The van der Waals surface area contributed by atoms with Crippen molar-refractivity contribution in [1.29, 1.82) is 0 Å². The number of para-hydroxylation sites is 1. The fourth-order valence-corrected chi connectivity index (χ4v) is 2.45. The fraction of sp³-hybridized carbons (Fsp3) is 0.235. The Morgan fingerprint density at radius 3 is 2.64 bits per heavy atom. The van der Waals surface area contributed by atoms with Crippen molar-refractivity contribution in [3.63, 3.8) is 0 Å². The van der Waals surface area contributed by atoms with Crippen LogP contribution in [-0.2, 0) is 6.42 Å². The number of carbonyl (C=O) groups is 1. The molecular weight excluding hydrogens is 278 g/mol. The molecule has 3 aromatic rings. The third-order valence-electron chi connectivity index (χ3n) is 3.59. The van der Waals surface area contributed by atoms with Gasteiger partial charge in [0.1, 0.15) is 0 Å². The van der Waals surface area contributed by atoms with E-state index in [1.807, 2.05) is 36.4 Å². The van der Waals surface area contributed by atoms with Crippen LogP contribution in [0.4, 0.5) is 0 Å². The predicted molar refractivity (Wildman–Crippen MR) is 84.4 cm³/mol. The van der Waals surface area contributed by atoms with Gasteiger partial charge in [-0.1, -0.05) is 31.5 Å². The number of rotatable bonds is 5. The summed E-state index contributed by atoms with van der Waals surface area (Å²) in [5.41, 5.74) is 2.47. The number of nitrogens with zero attached hydrogens (tertiary/aromatic N) is 3. The van der Waals surface area contributed by atoms with Gasteiger partial charge in [-0.25, -0.2) is 14.5 Å². The van der Waals surface area contributed by atoms with E-state index < -0.39 is 5.97 Å². The Kier molecular flexibility index (Phi) is 3.87. The number of carboxylic acids is 1. The van der Waals surface area contributed by atoms with Crippen LogP contribution in [0.2, 0.25) is 0 Å². The predicted octanol–water partition coefficient (Wildman–Crippen LogP) is 3.46. The van der Waals surface area contributed by atoms with Gasteiger partial charge in [0.25, 0.3) is 0 Å². The molecule has 0 atom stereocenters. The van der Waals surface area contributed by atoms with Crippen molar-refractivity contribution in [3.8, 4) is 5.69 Å². The summed E-state index contributed by atoms with van der Waals surface area (Å²) in [5.74, 6) is -1.03. The summed E-state index contributed by atoms with van der Waals surface area (Å²) in [4.78, 5) is 15.5. The van der Waals surface area contributed by atoms with Crippen molar-refractivity contribution >= 4 is 17.0 Å². The smallest absolute Gasteiger partial charge is 0.354 e. The standard InChI is InChI=1S/C17H17N3O2/c1-2-3-9-14-13-10-11-15(17(21)22)18-16(13)20(19-14)12-7-5-4-6-8-12/h4-8,10-11H,2-3,9H2,1H3,(H,21,22). The first kappa shape index (κ1) is 14.3. The maximum Gasteiger partial charge on any atom is 0.354 e. The van der Waals surface area contributed by atoms with Crippen molar-refractivity contribution in [3.05, 3.63) is 53.9 Å². The first-order chi connectivity index (χ1) is 10.7. The number of hydrogen-bond donors (Lipinski definition) is 1. The second kappa shape index (κ2) is 5.97. The van der Waals surface area contributed by atoms with E-state index in [1.54, 1.807) is 4.68 Å². The van der Waals surface area contributed by atoms with Crippen LogP contribution < -0.4 is 0 Å². The lowest BCUT2D eigenvalue weighted by atomic mass is 10.1. The molecule has 0 radical (unpaired) electrons. The molecule has 0 bridgehead atoms. The Labute approximate surface area is 128 Å². The van der Waals surface area contributed by atoms with Gasteiger partial charge >= 0.3 is 5.97 Å². The summed E-state index contributed by atoms with van der Waals surface area (Å²) in [7, 11) is 0. The molecule has 2 aromatic heterocycles. The van der Waals surface area contributed by atoms with E-state index in [9.17, 15) is 4.79 Å². The molecule has 0 saturated carbocycles. The van der Waals surface area contributed by atoms with Gasteiger partial charge in [0.15, 0.2) is 11.3 Å². The van der Waals surface area contributed by atoms with Gasteiger partial charge in [0.05, 0.1) is 11.4 Å². The normalized spacial score (nSPS) is 11.0. The summed E-state index contributed by atoms with van der Waals surface area (Å²) in [6.07, 6.45) is 2.99. The summed E-state index contributed by atoms with van der Waals surface area (Å²) in [5, 5.41) is 14.7. The number of aromatic nitrogens is 3. The minimum absolute atomic E-state index is 0.0339. The molecule has 5 nitrogen and oxygen atoms in total. The number of aromatic carboxylic acids is 1. The second-order valence-electron chi connectivity index (χ2n) is 5.17. The molecule has 5 heteroatoms. The highest BCUT2D eigenvalue weighted by Crippen LogP contribution is 2.22. The molecule has 1 aromatic carbocycles.